The van der Waals surface area contributed by atoms with Gasteiger partial charge in [0.25, 0.3) is 0 Å². The molecule has 19 heavy (non-hydrogen) atoms. The molecule has 1 rings (SSSR count). The van der Waals surface area contributed by atoms with E-state index in [1.54, 1.807) is 0 Å². The van der Waals surface area contributed by atoms with E-state index in [0.717, 1.165) is 24.3 Å². The molecule has 1 unspecified atom stereocenters. The minimum absolute atomic E-state index is 0.281. The fraction of sp³-hybridized carbons (Fsp3) is 0.600. The summed E-state index contributed by atoms with van der Waals surface area (Å²) in [6.45, 7) is 6.77. The number of ether oxygens (including phenoxy) is 3. The molecule has 0 spiro atoms. The second kappa shape index (κ2) is 9.78. The topological polar surface area (TPSA) is 47.9 Å². The second-order valence-electron chi connectivity index (χ2n) is 4.21. The van der Waals surface area contributed by atoms with Gasteiger partial charge in [0.1, 0.15) is 11.9 Å². The molecule has 0 saturated carbocycles. The molecule has 1 N–H and O–H groups in total. The van der Waals surface area contributed by atoms with Crippen LogP contribution in [0.2, 0.25) is 0 Å². The van der Waals surface area contributed by atoms with Gasteiger partial charge in [-0.15, -0.1) is 0 Å². The zero-order chi connectivity index (χ0) is 13.9. The van der Waals surface area contributed by atoms with Crippen LogP contribution in [0.5, 0.6) is 5.75 Å². The summed E-state index contributed by atoms with van der Waals surface area (Å²) < 4.78 is 16.0. The van der Waals surface area contributed by atoms with E-state index >= 15 is 0 Å². The Kier molecular flexibility index (Phi) is 8.21. The monoisotopic (exact) mass is 268 g/mol. The van der Waals surface area contributed by atoms with Gasteiger partial charge in [0.05, 0.1) is 26.4 Å². The van der Waals surface area contributed by atoms with Gasteiger partial charge in [-0.1, -0.05) is 19.1 Å². The van der Waals surface area contributed by atoms with Crippen LogP contribution in [0.3, 0.4) is 0 Å². The summed E-state index contributed by atoms with van der Waals surface area (Å²) in [4.78, 5) is 0. The second-order valence-corrected chi connectivity index (χ2v) is 4.21. The minimum Gasteiger partial charge on any atom is -0.494 e. The van der Waals surface area contributed by atoms with Gasteiger partial charge in [0, 0.05) is 6.61 Å². The highest BCUT2D eigenvalue weighted by Crippen LogP contribution is 2.18. The van der Waals surface area contributed by atoms with Crippen LogP contribution >= 0.6 is 0 Å². The van der Waals surface area contributed by atoms with E-state index in [2.05, 4.69) is 6.92 Å². The van der Waals surface area contributed by atoms with Gasteiger partial charge in [0.15, 0.2) is 0 Å². The van der Waals surface area contributed by atoms with Gasteiger partial charge in [-0.25, -0.2) is 0 Å². The highest BCUT2D eigenvalue weighted by atomic mass is 16.5. The predicted molar refractivity (Wildman–Crippen MR) is 74.5 cm³/mol. The lowest BCUT2D eigenvalue weighted by molar-refractivity contribution is 0.00325. The smallest absolute Gasteiger partial charge is 0.119 e. The van der Waals surface area contributed by atoms with Gasteiger partial charge in [0.2, 0.25) is 0 Å². The Hall–Kier alpha value is -1.10. The molecule has 1 atom stereocenters. The summed E-state index contributed by atoms with van der Waals surface area (Å²) in [5.41, 5.74) is 0.831. The fourth-order valence-corrected chi connectivity index (χ4v) is 1.61. The molecule has 0 saturated heterocycles. The summed E-state index contributed by atoms with van der Waals surface area (Å²) in [7, 11) is 0. The van der Waals surface area contributed by atoms with Crippen molar-refractivity contribution >= 4 is 0 Å². The van der Waals surface area contributed by atoms with Crippen LogP contribution in [0.15, 0.2) is 24.3 Å². The third kappa shape index (κ3) is 6.57. The molecule has 1 aromatic carbocycles. The highest BCUT2D eigenvalue weighted by molar-refractivity contribution is 5.28. The third-order valence-corrected chi connectivity index (χ3v) is 2.57. The summed E-state index contributed by atoms with van der Waals surface area (Å²) in [6, 6.07) is 7.41. The van der Waals surface area contributed by atoms with Gasteiger partial charge in [-0.3, -0.25) is 0 Å². The molecular weight excluding hydrogens is 244 g/mol. The van der Waals surface area contributed by atoms with E-state index in [0.29, 0.717) is 19.8 Å². The van der Waals surface area contributed by atoms with Crippen molar-refractivity contribution in [2.24, 2.45) is 0 Å². The first-order valence-electron chi connectivity index (χ1n) is 6.84. The predicted octanol–water partition coefficient (Wildman–Crippen LogP) is 2.56. The zero-order valence-electron chi connectivity index (χ0n) is 11.8. The Morgan fingerprint density at radius 2 is 1.68 bits per heavy atom. The van der Waals surface area contributed by atoms with Crippen LogP contribution in [0.4, 0.5) is 0 Å². The Labute approximate surface area is 115 Å². The number of aliphatic hydroxyl groups excluding tert-OH is 1. The van der Waals surface area contributed by atoms with Gasteiger partial charge in [-0.05, 0) is 31.0 Å². The molecule has 4 nitrogen and oxygen atoms in total. The normalized spacial score (nSPS) is 12.4. The molecule has 0 bridgehead atoms. The van der Waals surface area contributed by atoms with Crippen LogP contribution in [-0.4, -0.2) is 38.1 Å². The lowest BCUT2D eigenvalue weighted by Crippen LogP contribution is -2.11. The largest absolute Gasteiger partial charge is 0.494 e. The van der Waals surface area contributed by atoms with Crippen LogP contribution in [0.1, 0.15) is 31.9 Å². The van der Waals surface area contributed by atoms with Gasteiger partial charge >= 0.3 is 0 Å². The number of hydrogen-bond acceptors (Lipinski definition) is 4. The van der Waals surface area contributed by atoms with Crippen molar-refractivity contribution in [3.05, 3.63) is 29.8 Å². The van der Waals surface area contributed by atoms with E-state index < -0.39 is 6.10 Å². The van der Waals surface area contributed by atoms with Crippen molar-refractivity contribution < 1.29 is 19.3 Å². The number of hydrogen-bond donors (Lipinski definition) is 1. The SMILES string of the molecule is CCCOCCOCC(O)c1ccc(OCC)cc1. The average Bonchev–Trinajstić information content (AvgIpc) is 2.43. The van der Waals surface area contributed by atoms with Gasteiger partial charge < -0.3 is 19.3 Å². The van der Waals surface area contributed by atoms with Crippen molar-refractivity contribution in [3.8, 4) is 5.75 Å². The molecule has 108 valence electrons. The van der Waals surface area contributed by atoms with E-state index in [4.69, 9.17) is 14.2 Å². The Balaban J connectivity index is 2.23. The Morgan fingerprint density at radius 1 is 1.00 bits per heavy atom. The molecular formula is C15H24O4. The van der Waals surface area contributed by atoms with E-state index in [-0.39, 0.29) is 6.61 Å². The Morgan fingerprint density at radius 3 is 2.32 bits per heavy atom. The quantitative estimate of drug-likeness (QED) is 0.663. The standard InChI is InChI=1S/C15H24O4/c1-3-9-17-10-11-18-12-15(16)13-5-7-14(8-6-13)19-4-2/h5-8,15-16H,3-4,9-12H2,1-2H3. The minimum atomic E-state index is -0.609. The first-order valence-corrected chi connectivity index (χ1v) is 6.84. The van der Waals surface area contributed by atoms with Crippen LogP contribution in [0, 0.1) is 0 Å². The maximum absolute atomic E-state index is 9.94. The molecule has 0 aliphatic rings. The average molecular weight is 268 g/mol. The molecule has 0 amide bonds. The number of rotatable bonds is 10. The van der Waals surface area contributed by atoms with Crippen LogP contribution in [0.25, 0.3) is 0 Å². The number of benzene rings is 1. The molecule has 0 aliphatic heterocycles. The van der Waals surface area contributed by atoms with Crippen molar-refractivity contribution in [3.63, 3.8) is 0 Å². The van der Waals surface area contributed by atoms with Crippen molar-refractivity contribution in [1.29, 1.82) is 0 Å². The molecule has 1 aromatic rings. The molecule has 0 aliphatic carbocycles. The van der Waals surface area contributed by atoms with Crippen molar-refractivity contribution in [2.45, 2.75) is 26.4 Å². The molecule has 4 heteroatoms. The summed E-state index contributed by atoms with van der Waals surface area (Å²) >= 11 is 0. The molecule has 0 aromatic heterocycles. The van der Waals surface area contributed by atoms with Crippen molar-refractivity contribution in [1.82, 2.24) is 0 Å². The lowest BCUT2D eigenvalue weighted by Gasteiger charge is -2.12. The van der Waals surface area contributed by atoms with Crippen molar-refractivity contribution in [2.75, 3.05) is 33.0 Å². The molecule has 0 fully saturated rings. The first kappa shape index (κ1) is 16.0. The summed E-state index contributed by atoms with van der Waals surface area (Å²) in [5.74, 6) is 0.812. The first-order chi connectivity index (χ1) is 9.27. The zero-order valence-corrected chi connectivity index (χ0v) is 11.8. The molecule has 0 heterocycles. The van der Waals surface area contributed by atoms with Crippen LogP contribution < -0.4 is 4.74 Å². The summed E-state index contributed by atoms with van der Waals surface area (Å²) in [5, 5.41) is 9.94. The van der Waals surface area contributed by atoms with Gasteiger partial charge in [-0.2, -0.15) is 0 Å². The van der Waals surface area contributed by atoms with E-state index in [9.17, 15) is 5.11 Å². The third-order valence-electron chi connectivity index (χ3n) is 2.57. The highest BCUT2D eigenvalue weighted by Gasteiger charge is 2.07. The van der Waals surface area contributed by atoms with E-state index in [1.165, 1.54) is 0 Å². The lowest BCUT2D eigenvalue weighted by atomic mass is 10.1. The number of aliphatic hydroxyl groups is 1. The maximum Gasteiger partial charge on any atom is 0.119 e. The summed E-state index contributed by atoms with van der Waals surface area (Å²) in [6.07, 6.45) is 0.399. The molecule has 0 radical (unpaired) electrons. The maximum atomic E-state index is 9.94. The Bertz CT molecular complexity index is 323. The van der Waals surface area contributed by atoms with Crippen LogP contribution in [-0.2, 0) is 9.47 Å². The fourth-order valence-electron chi connectivity index (χ4n) is 1.61. The van der Waals surface area contributed by atoms with E-state index in [1.807, 2.05) is 31.2 Å².